The number of hydrogen-bond acceptors (Lipinski definition) is 5. The maximum atomic E-state index is 12.9. The third-order valence-electron chi connectivity index (χ3n) is 3.89. The Balaban J connectivity index is 2.18. The summed E-state index contributed by atoms with van der Waals surface area (Å²) in [5.74, 6) is -0.835. The van der Waals surface area contributed by atoms with Gasteiger partial charge in [0, 0.05) is 23.7 Å². The SMILES string of the molecule is CCOC(=O)c1nn(C(=O)c2cccc(C)c2)c2ccc(NC)cc12. The number of esters is 1. The Hall–Kier alpha value is -3.15. The van der Waals surface area contributed by atoms with Gasteiger partial charge in [-0.3, -0.25) is 4.79 Å². The van der Waals surface area contributed by atoms with Crippen LogP contribution in [0.2, 0.25) is 0 Å². The van der Waals surface area contributed by atoms with E-state index < -0.39 is 5.97 Å². The van der Waals surface area contributed by atoms with Gasteiger partial charge in [0.15, 0.2) is 5.69 Å². The number of anilines is 1. The van der Waals surface area contributed by atoms with Crippen LogP contribution in [0.3, 0.4) is 0 Å². The van der Waals surface area contributed by atoms with E-state index in [0.717, 1.165) is 11.3 Å². The molecule has 0 bridgehead atoms. The third-order valence-corrected chi connectivity index (χ3v) is 3.89. The highest BCUT2D eigenvalue weighted by molar-refractivity contribution is 6.08. The van der Waals surface area contributed by atoms with E-state index in [2.05, 4.69) is 10.4 Å². The minimum absolute atomic E-state index is 0.134. The Morgan fingerprint density at radius 3 is 2.68 bits per heavy atom. The average Bonchev–Trinajstić information content (AvgIpc) is 3.00. The summed E-state index contributed by atoms with van der Waals surface area (Å²) in [6.45, 7) is 3.89. The van der Waals surface area contributed by atoms with Gasteiger partial charge in [-0.05, 0) is 44.2 Å². The summed E-state index contributed by atoms with van der Waals surface area (Å²) in [4.78, 5) is 25.1. The van der Waals surface area contributed by atoms with Crippen LogP contribution in [0.25, 0.3) is 10.9 Å². The van der Waals surface area contributed by atoms with E-state index in [1.165, 1.54) is 4.68 Å². The Labute approximate surface area is 145 Å². The van der Waals surface area contributed by atoms with E-state index in [0.29, 0.717) is 16.5 Å². The zero-order valence-corrected chi connectivity index (χ0v) is 14.4. The van der Waals surface area contributed by atoms with Gasteiger partial charge < -0.3 is 10.1 Å². The molecule has 128 valence electrons. The molecule has 25 heavy (non-hydrogen) atoms. The van der Waals surface area contributed by atoms with Crippen molar-refractivity contribution in [3.8, 4) is 0 Å². The first-order valence-corrected chi connectivity index (χ1v) is 8.04. The standard InChI is InChI=1S/C19H19N3O3/c1-4-25-19(24)17-15-11-14(20-3)8-9-16(15)22(21-17)18(23)13-7-5-6-12(2)10-13/h5-11,20H,4H2,1-3H3. The monoisotopic (exact) mass is 337 g/mol. The van der Waals surface area contributed by atoms with Crippen LogP contribution < -0.4 is 5.32 Å². The van der Waals surface area contributed by atoms with Crippen molar-refractivity contribution in [1.82, 2.24) is 9.78 Å². The number of carbonyl (C=O) groups excluding carboxylic acids is 2. The number of nitrogens with zero attached hydrogens (tertiary/aromatic N) is 2. The molecule has 0 amide bonds. The Morgan fingerprint density at radius 2 is 2.00 bits per heavy atom. The van der Waals surface area contributed by atoms with Crippen LogP contribution in [0.1, 0.15) is 33.3 Å². The Morgan fingerprint density at radius 1 is 1.20 bits per heavy atom. The first kappa shape index (κ1) is 16.7. The molecule has 0 aliphatic carbocycles. The van der Waals surface area contributed by atoms with Gasteiger partial charge in [-0.2, -0.15) is 9.78 Å². The molecule has 1 heterocycles. The second-order valence-electron chi connectivity index (χ2n) is 5.64. The number of benzene rings is 2. The molecule has 0 atom stereocenters. The van der Waals surface area contributed by atoms with Crippen molar-refractivity contribution in [3.05, 3.63) is 59.3 Å². The van der Waals surface area contributed by atoms with Crippen LogP contribution in [0.4, 0.5) is 5.69 Å². The minimum Gasteiger partial charge on any atom is -0.461 e. The fourth-order valence-corrected chi connectivity index (χ4v) is 2.68. The number of fused-ring (bicyclic) bond motifs is 1. The molecule has 0 unspecified atom stereocenters. The van der Waals surface area contributed by atoms with Crippen LogP contribution in [0.5, 0.6) is 0 Å². The van der Waals surface area contributed by atoms with Crippen LogP contribution in [0, 0.1) is 6.92 Å². The van der Waals surface area contributed by atoms with E-state index in [1.54, 1.807) is 38.2 Å². The molecule has 0 spiro atoms. The number of rotatable bonds is 4. The lowest BCUT2D eigenvalue weighted by atomic mass is 10.1. The van der Waals surface area contributed by atoms with Crippen molar-refractivity contribution >= 4 is 28.5 Å². The van der Waals surface area contributed by atoms with Crippen molar-refractivity contribution in [3.63, 3.8) is 0 Å². The lowest BCUT2D eigenvalue weighted by Gasteiger charge is -2.04. The lowest BCUT2D eigenvalue weighted by Crippen LogP contribution is -2.15. The number of carbonyl (C=O) groups is 2. The van der Waals surface area contributed by atoms with Crippen molar-refractivity contribution in [2.45, 2.75) is 13.8 Å². The average molecular weight is 337 g/mol. The van der Waals surface area contributed by atoms with Gasteiger partial charge in [-0.1, -0.05) is 17.7 Å². The van der Waals surface area contributed by atoms with Gasteiger partial charge in [0.1, 0.15) is 0 Å². The predicted molar refractivity (Wildman–Crippen MR) is 96.1 cm³/mol. The number of ether oxygens (including phenoxy) is 1. The molecule has 0 aliphatic rings. The van der Waals surface area contributed by atoms with Crippen LogP contribution in [0.15, 0.2) is 42.5 Å². The first-order chi connectivity index (χ1) is 12.0. The molecule has 6 heteroatoms. The molecule has 3 aromatic rings. The van der Waals surface area contributed by atoms with Crippen LogP contribution in [-0.2, 0) is 4.74 Å². The molecular formula is C19H19N3O3. The summed E-state index contributed by atoms with van der Waals surface area (Å²) in [7, 11) is 1.79. The van der Waals surface area contributed by atoms with Gasteiger partial charge in [0.05, 0.1) is 12.1 Å². The lowest BCUT2D eigenvalue weighted by molar-refractivity contribution is 0.0521. The highest BCUT2D eigenvalue weighted by Crippen LogP contribution is 2.24. The molecule has 0 saturated heterocycles. The van der Waals surface area contributed by atoms with Gasteiger partial charge >= 0.3 is 5.97 Å². The Bertz CT molecular complexity index is 960. The fourth-order valence-electron chi connectivity index (χ4n) is 2.68. The van der Waals surface area contributed by atoms with Gasteiger partial charge in [-0.25, -0.2) is 4.79 Å². The number of aryl methyl sites for hydroxylation is 1. The Kier molecular flexibility index (Phi) is 4.52. The molecular weight excluding hydrogens is 318 g/mol. The largest absolute Gasteiger partial charge is 0.461 e. The smallest absolute Gasteiger partial charge is 0.359 e. The third kappa shape index (κ3) is 3.10. The van der Waals surface area contributed by atoms with E-state index in [9.17, 15) is 9.59 Å². The van der Waals surface area contributed by atoms with E-state index in [4.69, 9.17) is 4.74 Å². The zero-order chi connectivity index (χ0) is 18.0. The van der Waals surface area contributed by atoms with Gasteiger partial charge in [0.2, 0.25) is 0 Å². The predicted octanol–water partition coefficient (Wildman–Crippen LogP) is 3.25. The zero-order valence-electron chi connectivity index (χ0n) is 14.4. The number of hydrogen-bond donors (Lipinski definition) is 1. The number of aromatic nitrogens is 2. The van der Waals surface area contributed by atoms with E-state index in [1.807, 2.05) is 25.1 Å². The van der Waals surface area contributed by atoms with Crippen molar-refractivity contribution < 1.29 is 14.3 Å². The van der Waals surface area contributed by atoms with E-state index >= 15 is 0 Å². The summed E-state index contributed by atoms with van der Waals surface area (Å²) < 4.78 is 6.34. The molecule has 2 aromatic carbocycles. The fraction of sp³-hybridized carbons (Fsp3) is 0.211. The first-order valence-electron chi connectivity index (χ1n) is 8.04. The second-order valence-corrected chi connectivity index (χ2v) is 5.64. The summed E-state index contributed by atoms with van der Waals surface area (Å²) >= 11 is 0. The summed E-state index contributed by atoms with van der Waals surface area (Å²) in [5.41, 5.74) is 3.01. The van der Waals surface area contributed by atoms with Crippen molar-refractivity contribution in [1.29, 1.82) is 0 Å². The molecule has 0 aliphatic heterocycles. The minimum atomic E-state index is -0.545. The maximum Gasteiger partial charge on any atom is 0.359 e. The van der Waals surface area contributed by atoms with E-state index in [-0.39, 0.29) is 18.2 Å². The highest BCUT2D eigenvalue weighted by Gasteiger charge is 2.22. The van der Waals surface area contributed by atoms with Gasteiger partial charge in [-0.15, -0.1) is 0 Å². The quantitative estimate of drug-likeness (QED) is 0.740. The topological polar surface area (TPSA) is 73.2 Å². The molecule has 0 radical (unpaired) electrons. The molecule has 1 aromatic heterocycles. The molecule has 3 rings (SSSR count). The molecule has 1 N–H and O–H groups in total. The maximum absolute atomic E-state index is 12.9. The summed E-state index contributed by atoms with van der Waals surface area (Å²) in [6.07, 6.45) is 0. The highest BCUT2D eigenvalue weighted by atomic mass is 16.5. The molecule has 6 nitrogen and oxygen atoms in total. The van der Waals surface area contributed by atoms with Crippen LogP contribution >= 0.6 is 0 Å². The molecule has 0 fully saturated rings. The van der Waals surface area contributed by atoms with Crippen LogP contribution in [-0.4, -0.2) is 35.3 Å². The number of nitrogens with one attached hydrogen (secondary N) is 1. The van der Waals surface area contributed by atoms with Crippen molar-refractivity contribution in [2.24, 2.45) is 0 Å². The summed E-state index contributed by atoms with van der Waals surface area (Å²) in [6, 6.07) is 12.6. The van der Waals surface area contributed by atoms with Gasteiger partial charge in [0.25, 0.3) is 5.91 Å². The normalized spacial score (nSPS) is 10.7. The second kappa shape index (κ2) is 6.76. The van der Waals surface area contributed by atoms with Crippen molar-refractivity contribution in [2.75, 3.05) is 19.0 Å². The molecule has 0 saturated carbocycles. The summed E-state index contributed by atoms with van der Waals surface area (Å²) in [5, 5.41) is 7.85.